The van der Waals surface area contributed by atoms with Gasteiger partial charge in [0.25, 0.3) is 0 Å². The molecule has 0 unspecified atom stereocenters. The second-order valence-electron chi connectivity index (χ2n) is 2.74. The van der Waals surface area contributed by atoms with Crippen LogP contribution in [0.3, 0.4) is 0 Å². The van der Waals surface area contributed by atoms with E-state index in [0.29, 0.717) is 15.0 Å². The van der Waals surface area contributed by atoms with Crippen molar-refractivity contribution in [1.82, 2.24) is 0 Å². The predicted octanol–water partition coefficient (Wildman–Crippen LogP) is 3.88. The van der Waals surface area contributed by atoms with Gasteiger partial charge >= 0.3 is 97.4 Å². The molecule has 0 amide bonds. The van der Waals surface area contributed by atoms with Crippen LogP contribution in [0.2, 0.25) is 5.32 Å². The molecule has 0 aromatic heterocycles. The Bertz CT molecular complexity index is 272. The summed E-state index contributed by atoms with van der Waals surface area (Å²) in [5, 5.41) is 1.29. The summed E-state index contributed by atoms with van der Waals surface area (Å²) in [6.07, 6.45) is 2.33. The van der Waals surface area contributed by atoms with E-state index < -0.39 is 0 Å². The van der Waals surface area contributed by atoms with Crippen LogP contribution in [-0.2, 0) is 0 Å². The first kappa shape index (κ1) is 11.9. The third-order valence-corrected chi connectivity index (χ3v) is 5.15. The quantitative estimate of drug-likeness (QED) is 0.732. The second-order valence-corrected chi connectivity index (χ2v) is 7.37. The molecule has 0 fully saturated rings. The van der Waals surface area contributed by atoms with Crippen molar-refractivity contribution in [2.24, 2.45) is 0 Å². The van der Waals surface area contributed by atoms with Crippen LogP contribution in [0.25, 0.3) is 6.08 Å². The van der Waals surface area contributed by atoms with Crippen LogP contribution in [0.5, 0.6) is 0 Å². The Morgan fingerprint density at radius 2 is 2.00 bits per heavy atom. The Hall–Kier alpha value is -0.171. The third kappa shape index (κ3) is 4.36. The van der Waals surface area contributed by atoms with Crippen LogP contribution in [0.4, 0.5) is 0 Å². The molecule has 76 valence electrons. The van der Waals surface area contributed by atoms with E-state index in [1.165, 1.54) is 16.6 Å². The molecule has 14 heavy (non-hydrogen) atoms. The van der Waals surface area contributed by atoms with E-state index in [0.717, 1.165) is 0 Å². The number of thioether (sulfide) groups is 1. The van der Waals surface area contributed by atoms with Gasteiger partial charge in [-0.25, -0.2) is 0 Å². The van der Waals surface area contributed by atoms with E-state index in [4.69, 9.17) is 0 Å². The Labute approximate surface area is 97.3 Å². The van der Waals surface area contributed by atoms with Crippen molar-refractivity contribution in [1.29, 1.82) is 0 Å². The van der Waals surface area contributed by atoms with Gasteiger partial charge in [0.1, 0.15) is 0 Å². The molecule has 0 radical (unpaired) electrons. The average Bonchev–Trinajstić information content (AvgIpc) is 2.20. The molecule has 0 aliphatic rings. The van der Waals surface area contributed by atoms with E-state index in [-0.39, 0.29) is 0 Å². The molecule has 1 aromatic carbocycles. The maximum atomic E-state index is 2.33. The van der Waals surface area contributed by atoms with Gasteiger partial charge in [0.05, 0.1) is 0 Å². The zero-order valence-corrected chi connectivity index (χ0v) is 11.2. The Balaban J connectivity index is 2.71. The summed E-state index contributed by atoms with van der Waals surface area (Å²) in [5.41, 5.74) is 1.33. The van der Waals surface area contributed by atoms with Gasteiger partial charge in [0.15, 0.2) is 0 Å². The molecule has 0 heterocycles. The van der Waals surface area contributed by atoms with Crippen LogP contribution < -0.4 is 0 Å². The Morgan fingerprint density at radius 1 is 1.29 bits per heavy atom. The first-order chi connectivity index (χ1) is 6.86. The van der Waals surface area contributed by atoms with Gasteiger partial charge in [-0.3, -0.25) is 0 Å². The normalized spacial score (nSPS) is 11.7. The van der Waals surface area contributed by atoms with Gasteiger partial charge in [0, 0.05) is 0 Å². The molecule has 0 saturated carbocycles. The molecule has 0 atom stereocenters. The minimum atomic E-state index is 0.663. The molecule has 0 bridgehead atoms. The summed E-state index contributed by atoms with van der Waals surface area (Å²) in [7, 11) is 0. The molecule has 0 nitrogen and oxygen atoms in total. The van der Waals surface area contributed by atoms with Gasteiger partial charge in [-0.05, 0) is 0 Å². The molecule has 0 spiro atoms. The molecule has 0 N–H and O–H groups in total. The topological polar surface area (TPSA) is 0 Å². The first-order valence-electron chi connectivity index (χ1n) is 4.89. The summed E-state index contributed by atoms with van der Waals surface area (Å²) >= 11 is 2.65. The Morgan fingerprint density at radius 3 is 2.57 bits per heavy atom. The van der Waals surface area contributed by atoms with Crippen LogP contribution >= 0.6 is 11.8 Å². The van der Waals surface area contributed by atoms with Crippen molar-refractivity contribution in [3.8, 4) is 0 Å². The fourth-order valence-corrected chi connectivity index (χ4v) is 4.62. The molecule has 0 aliphatic heterocycles. The van der Waals surface area contributed by atoms with Crippen LogP contribution in [0.15, 0.2) is 34.1 Å². The van der Waals surface area contributed by atoms with Gasteiger partial charge in [0.2, 0.25) is 0 Å². The predicted molar refractivity (Wildman–Crippen MR) is 68.8 cm³/mol. The molecule has 0 aliphatic carbocycles. The molecule has 2 heteroatoms. The van der Waals surface area contributed by atoms with Crippen molar-refractivity contribution in [3.05, 3.63) is 39.7 Å². The zero-order chi connectivity index (χ0) is 10.2. The van der Waals surface area contributed by atoms with Crippen molar-refractivity contribution >= 4 is 32.8 Å². The average molecular weight is 271 g/mol. The second kappa shape index (κ2) is 7.16. The monoisotopic (exact) mass is 272 g/mol. The van der Waals surface area contributed by atoms with Crippen molar-refractivity contribution in [3.63, 3.8) is 0 Å². The molecule has 0 saturated heterocycles. The summed E-state index contributed by atoms with van der Waals surface area (Å²) in [6, 6.07) is 10.6. The molecule has 1 rings (SSSR count). The van der Waals surface area contributed by atoms with Gasteiger partial charge in [-0.15, -0.1) is 0 Å². The fourth-order valence-electron chi connectivity index (χ4n) is 1.09. The Kier molecular flexibility index (Phi) is 6.09. The van der Waals surface area contributed by atoms with Crippen molar-refractivity contribution in [2.45, 2.75) is 19.2 Å². The first-order valence-corrected chi connectivity index (χ1v) is 7.94. The van der Waals surface area contributed by atoms with Crippen molar-refractivity contribution in [2.75, 3.05) is 5.75 Å². The maximum absolute atomic E-state index is 2.33. The van der Waals surface area contributed by atoms with Gasteiger partial charge in [-0.2, -0.15) is 0 Å². The number of hydrogen-bond acceptors (Lipinski definition) is 1. The minimum absolute atomic E-state index is 0.663. The fraction of sp³-hybridized carbons (Fsp3) is 0.333. The van der Waals surface area contributed by atoms with E-state index in [1.807, 2.05) is 11.8 Å². The van der Waals surface area contributed by atoms with E-state index in [1.54, 1.807) is 3.80 Å². The number of rotatable bonds is 5. The van der Waals surface area contributed by atoms with Crippen LogP contribution in [0, 0.1) is 0 Å². The van der Waals surface area contributed by atoms with Crippen molar-refractivity contribution < 1.29 is 0 Å². The SMILES string of the molecule is CCS/C(=C/c1ccccc1)[Se]CC. The standard InChI is InChI=1S/C12H16SSe/c1-3-13-12(14-4-2)10-11-8-6-5-7-9-11/h5-10H,3-4H2,1-2H3/b12-10-. The molecule has 1 aromatic rings. The molecular weight excluding hydrogens is 255 g/mol. The summed E-state index contributed by atoms with van der Waals surface area (Å²) in [4.78, 5) is 0. The van der Waals surface area contributed by atoms with Crippen LogP contribution in [-0.4, -0.2) is 20.7 Å². The summed E-state index contributed by atoms with van der Waals surface area (Å²) in [5.74, 6) is 1.18. The van der Waals surface area contributed by atoms with Gasteiger partial charge < -0.3 is 0 Å². The van der Waals surface area contributed by atoms with Crippen LogP contribution in [0.1, 0.15) is 19.4 Å². The third-order valence-electron chi connectivity index (χ3n) is 1.66. The van der Waals surface area contributed by atoms with E-state index in [2.05, 4.69) is 50.3 Å². The summed E-state index contributed by atoms with van der Waals surface area (Å²) in [6.45, 7) is 4.48. The van der Waals surface area contributed by atoms with E-state index in [9.17, 15) is 0 Å². The molecular formula is C12H16SSe. The summed E-state index contributed by atoms with van der Waals surface area (Å²) < 4.78 is 1.56. The number of benzene rings is 1. The number of hydrogen-bond donors (Lipinski definition) is 0. The van der Waals surface area contributed by atoms with E-state index >= 15 is 0 Å². The van der Waals surface area contributed by atoms with Gasteiger partial charge in [-0.1, -0.05) is 0 Å². The zero-order valence-electron chi connectivity index (χ0n) is 8.69.